The van der Waals surface area contributed by atoms with E-state index >= 15 is 0 Å². The molecule has 4 heteroatoms. The maximum absolute atomic E-state index is 4.79. The number of nitrogens with one attached hydrogen (secondary N) is 1. The smallest absolute Gasteiger partial charge is 0.116 e. The summed E-state index contributed by atoms with van der Waals surface area (Å²) < 4.78 is 0. The van der Waals surface area contributed by atoms with Crippen molar-refractivity contribution in [3.05, 3.63) is 157 Å². The number of aliphatic imine (C=N–C) groups is 1. The van der Waals surface area contributed by atoms with E-state index in [0.717, 1.165) is 16.8 Å². The van der Waals surface area contributed by atoms with Crippen LogP contribution < -0.4 is 5.32 Å². The molecule has 0 aliphatic carbocycles. The summed E-state index contributed by atoms with van der Waals surface area (Å²) in [5.41, 5.74) is 11.6. The Bertz CT molecular complexity index is 2270. The normalized spacial score (nSPS) is 14.3. The molecule has 1 aliphatic rings. The van der Waals surface area contributed by atoms with Crippen LogP contribution in [0, 0.1) is 0 Å². The number of nitrogens with zero attached hydrogens (tertiary/aromatic N) is 3. The zero-order chi connectivity index (χ0) is 30.2. The van der Waals surface area contributed by atoms with Crippen molar-refractivity contribution in [2.24, 2.45) is 4.99 Å². The molecule has 214 valence electrons. The maximum Gasteiger partial charge on any atom is 0.116 e. The average Bonchev–Trinajstić information content (AvgIpc) is 3.11. The fourth-order valence-corrected chi connectivity index (χ4v) is 6.72. The molecule has 45 heavy (non-hydrogen) atoms. The monoisotopic (exact) mass is 578 g/mol. The van der Waals surface area contributed by atoms with E-state index in [-0.39, 0.29) is 6.04 Å². The first kappa shape index (κ1) is 26.7. The maximum atomic E-state index is 4.79. The first-order chi connectivity index (χ1) is 22.3. The van der Waals surface area contributed by atoms with Gasteiger partial charge in [-0.15, -0.1) is 0 Å². The molecular weight excluding hydrogens is 548 g/mol. The molecule has 2 heterocycles. The Hall–Kier alpha value is -5.87. The molecule has 8 rings (SSSR count). The summed E-state index contributed by atoms with van der Waals surface area (Å²) in [6, 6.07) is 45.7. The Morgan fingerprint density at radius 3 is 1.60 bits per heavy atom. The summed E-state index contributed by atoms with van der Waals surface area (Å²) in [5, 5.41) is 8.01. The summed E-state index contributed by atoms with van der Waals surface area (Å²) in [7, 11) is 0. The fraction of sp³-hybridized carbons (Fsp3) is 0.0488. The summed E-state index contributed by atoms with van der Waals surface area (Å²) in [6.07, 6.45) is 7.23. The van der Waals surface area contributed by atoms with Crippen molar-refractivity contribution in [1.29, 1.82) is 0 Å². The second-order valence-electron chi connectivity index (χ2n) is 11.4. The fourth-order valence-electron chi connectivity index (χ4n) is 6.72. The van der Waals surface area contributed by atoms with Crippen LogP contribution in [0.4, 0.5) is 0 Å². The van der Waals surface area contributed by atoms with E-state index < -0.39 is 0 Å². The van der Waals surface area contributed by atoms with Crippen molar-refractivity contribution < 1.29 is 0 Å². The van der Waals surface area contributed by atoms with Crippen LogP contribution in [0.1, 0.15) is 18.5 Å². The third-order valence-electron chi connectivity index (χ3n) is 8.80. The van der Waals surface area contributed by atoms with Crippen molar-refractivity contribution in [1.82, 2.24) is 15.3 Å². The van der Waals surface area contributed by atoms with E-state index in [1.807, 2.05) is 12.3 Å². The van der Waals surface area contributed by atoms with Crippen LogP contribution in [0.2, 0.25) is 0 Å². The molecule has 4 nitrogen and oxygen atoms in total. The highest BCUT2D eigenvalue weighted by molar-refractivity contribution is 6.12. The van der Waals surface area contributed by atoms with Crippen LogP contribution >= 0.6 is 0 Å². The van der Waals surface area contributed by atoms with Crippen molar-refractivity contribution in [3.63, 3.8) is 0 Å². The van der Waals surface area contributed by atoms with Gasteiger partial charge in [0.25, 0.3) is 0 Å². The minimum Gasteiger partial charge on any atom is -0.353 e. The Kier molecular flexibility index (Phi) is 6.73. The molecular formula is C41H30N4. The van der Waals surface area contributed by atoms with Gasteiger partial charge >= 0.3 is 0 Å². The largest absolute Gasteiger partial charge is 0.353 e. The van der Waals surface area contributed by atoms with Gasteiger partial charge in [-0.1, -0.05) is 121 Å². The van der Waals surface area contributed by atoms with Gasteiger partial charge in [0.1, 0.15) is 6.33 Å². The minimum atomic E-state index is -0.0115. The highest BCUT2D eigenvalue weighted by Crippen LogP contribution is 2.44. The lowest BCUT2D eigenvalue weighted by molar-refractivity contribution is 0.821. The Morgan fingerprint density at radius 2 is 1.02 bits per heavy atom. The predicted molar refractivity (Wildman–Crippen MR) is 187 cm³/mol. The first-order valence-electron chi connectivity index (χ1n) is 15.2. The molecule has 0 bridgehead atoms. The van der Waals surface area contributed by atoms with Crippen LogP contribution in [0.5, 0.6) is 0 Å². The summed E-state index contributed by atoms with van der Waals surface area (Å²) in [4.78, 5) is 13.5. The molecule has 0 fully saturated rings. The molecule has 1 unspecified atom stereocenters. The molecule has 0 amide bonds. The van der Waals surface area contributed by atoms with E-state index in [2.05, 4.69) is 144 Å². The lowest BCUT2D eigenvalue weighted by Gasteiger charge is -2.22. The molecule has 7 aromatic rings. The van der Waals surface area contributed by atoms with E-state index in [9.17, 15) is 0 Å². The van der Waals surface area contributed by atoms with Crippen LogP contribution in [-0.2, 0) is 0 Å². The highest BCUT2D eigenvalue weighted by atomic mass is 15.0. The number of hydrogen-bond acceptors (Lipinski definition) is 4. The van der Waals surface area contributed by atoms with Gasteiger partial charge in [0.2, 0.25) is 0 Å². The predicted octanol–water partition coefficient (Wildman–Crippen LogP) is 10.0. The van der Waals surface area contributed by atoms with E-state index in [1.165, 1.54) is 60.5 Å². The molecule has 6 aromatic carbocycles. The molecule has 0 spiro atoms. The molecule has 1 aliphatic heterocycles. The number of fused-ring (bicyclic) bond motifs is 2. The topological polar surface area (TPSA) is 50.2 Å². The third kappa shape index (κ3) is 4.68. The molecule has 1 N–H and O–H groups in total. The van der Waals surface area contributed by atoms with Crippen molar-refractivity contribution in [3.8, 4) is 44.6 Å². The molecule has 1 aromatic heterocycles. The Morgan fingerprint density at radius 1 is 0.511 bits per heavy atom. The van der Waals surface area contributed by atoms with E-state index in [1.54, 1.807) is 18.9 Å². The van der Waals surface area contributed by atoms with Gasteiger partial charge in [-0.05, 0) is 79.1 Å². The van der Waals surface area contributed by atoms with Gasteiger partial charge in [0.05, 0.1) is 18.1 Å². The van der Waals surface area contributed by atoms with Crippen molar-refractivity contribution >= 4 is 27.9 Å². The van der Waals surface area contributed by atoms with Crippen molar-refractivity contribution in [2.45, 2.75) is 13.0 Å². The van der Waals surface area contributed by atoms with Gasteiger partial charge in [0.15, 0.2) is 0 Å². The SMILES string of the molecule is CC1=CNC=NC1c1ccccc1-c1ccc(-c2ccc(-c3ccccc3-c3ccncn3)c3ccccc23)c2ccccc12. The number of aromatic nitrogens is 2. The first-order valence-corrected chi connectivity index (χ1v) is 15.2. The van der Waals surface area contributed by atoms with Gasteiger partial charge < -0.3 is 5.32 Å². The number of rotatable bonds is 5. The molecule has 0 radical (unpaired) electrons. The van der Waals surface area contributed by atoms with Gasteiger partial charge in [-0.2, -0.15) is 0 Å². The second kappa shape index (κ2) is 11.3. The van der Waals surface area contributed by atoms with E-state index in [4.69, 9.17) is 4.99 Å². The Balaban J connectivity index is 1.31. The average molecular weight is 579 g/mol. The van der Waals surface area contributed by atoms with Gasteiger partial charge in [0, 0.05) is 18.0 Å². The molecule has 0 saturated heterocycles. The number of hydrogen-bond donors (Lipinski definition) is 1. The van der Waals surface area contributed by atoms with Crippen LogP contribution in [0.3, 0.4) is 0 Å². The Labute approximate surface area is 262 Å². The van der Waals surface area contributed by atoms with Gasteiger partial charge in [-0.25, -0.2) is 9.97 Å². The summed E-state index contributed by atoms with van der Waals surface area (Å²) >= 11 is 0. The van der Waals surface area contributed by atoms with E-state index in [0.29, 0.717) is 0 Å². The quantitative estimate of drug-likeness (QED) is 0.221. The molecule has 1 atom stereocenters. The zero-order valence-electron chi connectivity index (χ0n) is 24.9. The standard InChI is InChI=1S/C41H30N4/c1-27-24-43-26-45-41(27)39-17-9-7-15-33(39)35-19-21-37(31-13-5-3-11-29(31)35)36-20-18-34(28-10-2-4-12-30(28)36)32-14-6-8-16-38(32)40-22-23-42-25-44-40/h2-26,41H,1H3,(H,43,45). The number of benzene rings is 6. The van der Waals surface area contributed by atoms with Crippen LogP contribution in [0.15, 0.2) is 157 Å². The molecule has 0 saturated carbocycles. The zero-order valence-corrected chi connectivity index (χ0v) is 24.9. The lowest BCUT2D eigenvalue weighted by atomic mass is 9.85. The highest BCUT2D eigenvalue weighted by Gasteiger charge is 2.21. The third-order valence-corrected chi connectivity index (χ3v) is 8.80. The minimum absolute atomic E-state index is 0.0115. The lowest BCUT2D eigenvalue weighted by Crippen LogP contribution is -2.13. The van der Waals surface area contributed by atoms with Crippen LogP contribution in [-0.4, -0.2) is 16.3 Å². The van der Waals surface area contributed by atoms with Gasteiger partial charge in [-0.3, -0.25) is 4.99 Å². The second-order valence-corrected chi connectivity index (χ2v) is 11.4. The van der Waals surface area contributed by atoms with Crippen molar-refractivity contribution in [2.75, 3.05) is 0 Å². The van der Waals surface area contributed by atoms with Crippen LogP contribution in [0.25, 0.3) is 66.2 Å². The summed E-state index contributed by atoms with van der Waals surface area (Å²) in [6.45, 7) is 2.13. The summed E-state index contributed by atoms with van der Waals surface area (Å²) in [5.74, 6) is 0.